The van der Waals surface area contributed by atoms with Gasteiger partial charge in [0.15, 0.2) is 0 Å². The maximum absolute atomic E-state index is 11.7. The van der Waals surface area contributed by atoms with E-state index in [9.17, 15) is 9.59 Å². The second kappa shape index (κ2) is 6.26. The first kappa shape index (κ1) is 13.5. The summed E-state index contributed by atoms with van der Waals surface area (Å²) in [6.45, 7) is 3.45. The van der Waals surface area contributed by atoms with E-state index in [0.717, 1.165) is 18.4 Å². The average Bonchev–Trinajstić information content (AvgIpc) is 2.90. The predicted octanol–water partition coefficient (Wildman–Crippen LogP) is 1.09. The molecule has 0 aliphatic carbocycles. The minimum atomic E-state index is -0.178. The molecule has 0 bridgehead atoms. The van der Waals surface area contributed by atoms with Crippen LogP contribution in [0.1, 0.15) is 25.3 Å². The SMILES string of the molecule is CC(=O)N1CCC(NC(=O)NCc2ccoc2)CC1. The summed E-state index contributed by atoms with van der Waals surface area (Å²) in [6, 6.07) is 1.77. The number of rotatable bonds is 3. The second-order valence-corrected chi connectivity index (χ2v) is 4.74. The van der Waals surface area contributed by atoms with Gasteiger partial charge in [0, 0.05) is 38.2 Å². The largest absolute Gasteiger partial charge is 0.472 e. The van der Waals surface area contributed by atoms with E-state index in [1.165, 1.54) is 0 Å². The Bertz CT molecular complexity index is 422. The molecule has 1 saturated heterocycles. The molecule has 0 atom stereocenters. The van der Waals surface area contributed by atoms with Crippen LogP contribution in [-0.2, 0) is 11.3 Å². The van der Waals surface area contributed by atoms with E-state index in [2.05, 4.69) is 10.6 Å². The van der Waals surface area contributed by atoms with Crippen molar-refractivity contribution in [3.05, 3.63) is 24.2 Å². The molecule has 1 aromatic heterocycles. The zero-order valence-electron chi connectivity index (χ0n) is 11.0. The molecule has 0 unspecified atom stereocenters. The number of likely N-dealkylation sites (tertiary alicyclic amines) is 1. The highest BCUT2D eigenvalue weighted by Crippen LogP contribution is 2.10. The lowest BCUT2D eigenvalue weighted by molar-refractivity contribution is -0.129. The minimum absolute atomic E-state index is 0.0999. The van der Waals surface area contributed by atoms with Crippen molar-refractivity contribution in [2.45, 2.75) is 32.4 Å². The van der Waals surface area contributed by atoms with Crippen molar-refractivity contribution in [1.82, 2.24) is 15.5 Å². The van der Waals surface area contributed by atoms with Crippen LogP contribution in [0.25, 0.3) is 0 Å². The van der Waals surface area contributed by atoms with Gasteiger partial charge in [-0.05, 0) is 18.9 Å². The maximum atomic E-state index is 11.7. The van der Waals surface area contributed by atoms with Crippen molar-refractivity contribution >= 4 is 11.9 Å². The highest BCUT2D eigenvalue weighted by Gasteiger charge is 2.21. The summed E-state index contributed by atoms with van der Waals surface area (Å²) < 4.78 is 4.92. The zero-order chi connectivity index (χ0) is 13.7. The van der Waals surface area contributed by atoms with Crippen LogP contribution in [0.4, 0.5) is 4.79 Å². The number of nitrogens with one attached hydrogen (secondary N) is 2. The molecule has 2 N–H and O–H groups in total. The average molecular weight is 265 g/mol. The molecule has 3 amide bonds. The monoisotopic (exact) mass is 265 g/mol. The number of piperidine rings is 1. The van der Waals surface area contributed by atoms with Gasteiger partial charge in [-0.1, -0.05) is 0 Å². The standard InChI is InChI=1S/C13H19N3O3/c1-10(17)16-5-2-12(3-6-16)15-13(18)14-8-11-4-7-19-9-11/h4,7,9,12H,2-3,5-6,8H2,1H3,(H2,14,15,18). The molecule has 0 aromatic carbocycles. The number of nitrogens with zero attached hydrogens (tertiary/aromatic N) is 1. The van der Waals surface area contributed by atoms with Crippen LogP contribution in [0.5, 0.6) is 0 Å². The van der Waals surface area contributed by atoms with Crippen molar-refractivity contribution in [2.24, 2.45) is 0 Å². The van der Waals surface area contributed by atoms with Gasteiger partial charge in [0.05, 0.1) is 12.5 Å². The number of amides is 3. The lowest BCUT2D eigenvalue weighted by atomic mass is 10.1. The van der Waals surface area contributed by atoms with Crippen LogP contribution in [0, 0.1) is 0 Å². The Hall–Kier alpha value is -1.98. The first-order valence-corrected chi connectivity index (χ1v) is 6.46. The molecule has 6 nitrogen and oxygen atoms in total. The lowest BCUT2D eigenvalue weighted by Gasteiger charge is -2.31. The molecule has 2 rings (SSSR count). The Balaban J connectivity index is 1.67. The molecular weight excluding hydrogens is 246 g/mol. The molecule has 1 aliphatic rings. The van der Waals surface area contributed by atoms with Crippen LogP contribution < -0.4 is 10.6 Å². The molecule has 2 heterocycles. The van der Waals surface area contributed by atoms with E-state index >= 15 is 0 Å². The van der Waals surface area contributed by atoms with Crippen LogP contribution in [-0.4, -0.2) is 36.0 Å². The lowest BCUT2D eigenvalue weighted by Crippen LogP contribution is -2.48. The minimum Gasteiger partial charge on any atom is -0.472 e. The quantitative estimate of drug-likeness (QED) is 0.859. The Morgan fingerprint density at radius 2 is 2.16 bits per heavy atom. The number of carbonyl (C=O) groups excluding carboxylic acids is 2. The van der Waals surface area contributed by atoms with Gasteiger partial charge in [-0.2, -0.15) is 0 Å². The van der Waals surface area contributed by atoms with Crippen LogP contribution in [0.15, 0.2) is 23.0 Å². The summed E-state index contributed by atoms with van der Waals surface area (Å²) in [5, 5.41) is 5.70. The molecule has 0 radical (unpaired) electrons. The highest BCUT2D eigenvalue weighted by molar-refractivity contribution is 5.74. The molecule has 1 aliphatic heterocycles. The van der Waals surface area contributed by atoms with Crippen molar-refractivity contribution in [1.29, 1.82) is 0 Å². The normalized spacial score (nSPS) is 16.2. The van der Waals surface area contributed by atoms with E-state index in [0.29, 0.717) is 19.6 Å². The van der Waals surface area contributed by atoms with E-state index in [4.69, 9.17) is 4.42 Å². The summed E-state index contributed by atoms with van der Waals surface area (Å²) in [7, 11) is 0. The summed E-state index contributed by atoms with van der Waals surface area (Å²) in [5.74, 6) is 0.0999. The molecular formula is C13H19N3O3. The summed E-state index contributed by atoms with van der Waals surface area (Å²) in [5.41, 5.74) is 0.932. The van der Waals surface area contributed by atoms with E-state index < -0.39 is 0 Å². The second-order valence-electron chi connectivity index (χ2n) is 4.74. The molecule has 19 heavy (non-hydrogen) atoms. The number of furan rings is 1. The third-order valence-corrected chi connectivity index (χ3v) is 3.31. The fraction of sp³-hybridized carbons (Fsp3) is 0.538. The van der Waals surface area contributed by atoms with Gasteiger partial charge < -0.3 is 20.0 Å². The van der Waals surface area contributed by atoms with Gasteiger partial charge >= 0.3 is 6.03 Å². The van der Waals surface area contributed by atoms with Gasteiger partial charge in [-0.25, -0.2) is 4.79 Å². The molecule has 6 heteroatoms. The third-order valence-electron chi connectivity index (χ3n) is 3.31. The number of hydrogen-bond donors (Lipinski definition) is 2. The summed E-state index contributed by atoms with van der Waals surface area (Å²) >= 11 is 0. The zero-order valence-corrected chi connectivity index (χ0v) is 11.0. The fourth-order valence-corrected chi connectivity index (χ4v) is 2.15. The van der Waals surface area contributed by atoms with Gasteiger partial charge in [-0.15, -0.1) is 0 Å². The van der Waals surface area contributed by atoms with E-state index in [1.54, 1.807) is 19.5 Å². The molecule has 1 fully saturated rings. The molecule has 0 spiro atoms. The first-order chi connectivity index (χ1) is 9.15. The van der Waals surface area contributed by atoms with Crippen molar-refractivity contribution < 1.29 is 14.0 Å². The number of urea groups is 1. The highest BCUT2D eigenvalue weighted by atomic mass is 16.3. The Kier molecular flexibility index (Phi) is 4.43. The molecule has 104 valence electrons. The number of hydrogen-bond acceptors (Lipinski definition) is 3. The Labute approximate surface area is 112 Å². The molecule has 0 saturated carbocycles. The number of carbonyl (C=O) groups is 2. The van der Waals surface area contributed by atoms with Crippen LogP contribution in [0.3, 0.4) is 0 Å². The van der Waals surface area contributed by atoms with Gasteiger partial charge in [0.25, 0.3) is 0 Å². The Morgan fingerprint density at radius 1 is 1.42 bits per heavy atom. The summed E-state index contributed by atoms with van der Waals surface area (Å²) in [6.07, 6.45) is 4.79. The van der Waals surface area contributed by atoms with Gasteiger partial charge in [0.1, 0.15) is 0 Å². The van der Waals surface area contributed by atoms with Crippen molar-refractivity contribution in [3.8, 4) is 0 Å². The van der Waals surface area contributed by atoms with E-state index in [-0.39, 0.29) is 18.0 Å². The van der Waals surface area contributed by atoms with E-state index in [1.807, 2.05) is 11.0 Å². The smallest absolute Gasteiger partial charge is 0.315 e. The van der Waals surface area contributed by atoms with Crippen LogP contribution in [0.2, 0.25) is 0 Å². The van der Waals surface area contributed by atoms with Crippen molar-refractivity contribution in [3.63, 3.8) is 0 Å². The van der Waals surface area contributed by atoms with Gasteiger partial charge in [-0.3, -0.25) is 4.79 Å². The van der Waals surface area contributed by atoms with Gasteiger partial charge in [0.2, 0.25) is 5.91 Å². The maximum Gasteiger partial charge on any atom is 0.315 e. The first-order valence-electron chi connectivity index (χ1n) is 6.46. The summed E-state index contributed by atoms with van der Waals surface area (Å²) in [4.78, 5) is 24.7. The predicted molar refractivity (Wildman–Crippen MR) is 69.4 cm³/mol. The molecule has 1 aromatic rings. The Morgan fingerprint density at radius 3 is 2.74 bits per heavy atom. The van der Waals surface area contributed by atoms with Crippen LogP contribution >= 0.6 is 0 Å². The third kappa shape index (κ3) is 4.01. The topological polar surface area (TPSA) is 74.6 Å². The fourth-order valence-electron chi connectivity index (χ4n) is 2.15. The van der Waals surface area contributed by atoms with Crippen molar-refractivity contribution in [2.75, 3.05) is 13.1 Å².